The molecule has 0 spiro atoms. The SMILES string of the molecule is Cc1cc(F)ccc1Oc1ccc(C(=N)/C(C(N)=O)=C(/N)NC2CCCN(C#N)C2)cc1. The molecule has 0 aromatic heterocycles. The van der Waals surface area contributed by atoms with Crippen molar-refractivity contribution in [1.82, 2.24) is 10.2 Å². The molecule has 166 valence electrons. The standard InChI is InChI=1S/C23H25FN6O2/c1-14-11-16(24)6-9-19(14)32-18-7-4-15(5-8-18)21(26)20(23(28)31)22(27)29-17-3-2-10-30(12-17)13-25/h4-9,11,17,26,29H,2-3,10,12,27H2,1H3,(H2,28,31)/b22-20+,26-21?. The van der Waals surface area contributed by atoms with Crippen molar-refractivity contribution in [3.8, 4) is 17.7 Å². The number of nitrogens with one attached hydrogen (secondary N) is 2. The second-order valence-electron chi connectivity index (χ2n) is 7.59. The van der Waals surface area contributed by atoms with Crippen LogP contribution in [0.4, 0.5) is 4.39 Å². The number of hydrogen-bond acceptors (Lipinski definition) is 7. The fraction of sp³-hybridized carbons (Fsp3) is 0.261. The van der Waals surface area contributed by atoms with Crippen LogP contribution in [-0.4, -0.2) is 35.7 Å². The van der Waals surface area contributed by atoms with E-state index in [4.69, 9.17) is 26.9 Å². The Kier molecular flexibility index (Phi) is 6.95. The molecule has 32 heavy (non-hydrogen) atoms. The quantitative estimate of drug-likeness (QED) is 0.298. The molecule has 2 aromatic carbocycles. The Morgan fingerprint density at radius 3 is 2.62 bits per heavy atom. The van der Waals surface area contributed by atoms with Crippen LogP contribution >= 0.6 is 0 Å². The van der Waals surface area contributed by atoms with Gasteiger partial charge >= 0.3 is 0 Å². The van der Waals surface area contributed by atoms with E-state index in [1.807, 2.05) is 0 Å². The van der Waals surface area contributed by atoms with Crippen molar-refractivity contribution >= 4 is 11.6 Å². The molecule has 1 heterocycles. The summed E-state index contributed by atoms with van der Waals surface area (Å²) in [5.74, 6) is -0.154. The summed E-state index contributed by atoms with van der Waals surface area (Å²) in [7, 11) is 0. The first-order chi connectivity index (χ1) is 15.3. The molecular weight excluding hydrogens is 411 g/mol. The van der Waals surface area contributed by atoms with Crippen LogP contribution in [-0.2, 0) is 4.79 Å². The van der Waals surface area contributed by atoms with Crippen LogP contribution in [0.5, 0.6) is 11.5 Å². The molecule has 9 heteroatoms. The summed E-state index contributed by atoms with van der Waals surface area (Å²) in [4.78, 5) is 13.7. The Bertz CT molecular complexity index is 1090. The molecule has 0 aliphatic carbocycles. The molecule has 1 amide bonds. The van der Waals surface area contributed by atoms with Crippen LogP contribution < -0.4 is 21.5 Å². The molecule has 0 bridgehead atoms. The molecule has 1 unspecified atom stereocenters. The third kappa shape index (κ3) is 5.35. The highest BCUT2D eigenvalue weighted by Gasteiger charge is 2.23. The molecule has 1 aliphatic rings. The van der Waals surface area contributed by atoms with Crippen LogP contribution in [0, 0.1) is 29.6 Å². The summed E-state index contributed by atoms with van der Waals surface area (Å²) < 4.78 is 19.0. The lowest BCUT2D eigenvalue weighted by atomic mass is 10.0. The highest BCUT2D eigenvalue weighted by Crippen LogP contribution is 2.26. The zero-order chi connectivity index (χ0) is 23.3. The monoisotopic (exact) mass is 436 g/mol. The van der Waals surface area contributed by atoms with Crippen molar-refractivity contribution in [3.63, 3.8) is 0 Å². The first-order valence-electron chi connectivity index (χ1n) is 10.1. The van der Waals surface area contributed by atoms with E-state index in [0.717, 1.165) is 12.8 Å². The lowest BCUT2D eigenvalue weighted by Crippen LogP contribution is -2.46. The molecule has 0 saturated carbocycles. The summed E-state index contributed by atoms with van der Waals surface area (Å²) in [6.07, 6.45) is 3.71. The highest BCUT2D eigenvalue weighted by atomic mass is 19.1. The van der Waals surface area contributed by atoms with E-state index in [1.54, 1.807) is 42.2 Å². The predicted molar refractivity (Wildman–Crippen MR) is 118 cm³/mol. The third-order valence-electron chi connectivity index (χ3n) is 5.20. The number of piperidine rings is 1. The zero-order valence-electron chi connectivity index (χ0n) is 17.7. The van der Waals surface area contributed by atoms with Gasteiger partial charge in [-0.15, -0.1) is 0 Å². The van der Waals surface area contributed by atoms with Gasteiger partial charge in [0.15, 0.2) is 6.19 Å². The number of benzene rings is 2. The van der Waals surface area contributed by atoms with Gasteiger partial charge in [0.2, 0.25) is 0 Å². The van der Waals surface area contributed by atoms with Crippen LogP contribution in [0.2, 0.25) is 0 Å². The molecule has 2 aromatic rings. The van der Waals surface area contributed by atoms with Gasteiger partial charge in [0.05, 0.1) is 5.71 Å². The van der Waals surface area contributed by atoms with Gasteiger partial charge in [-0.05, 0) is 67.8 Å². The van der Waals surface area contributed by atoms with Crippen molar-refractivity contribution in [2.45, 2.75) is 25.8 Å². The molecule has 1 aliphatic heterocycles. The number of carbonyl (C=O) groups excluding carboxylic acids is 1. The van der Waals surface area contributed by atoms with Gasteiger partial charge in [0.25, 0.3) is 5.91 Å². The number of halogens is 1. The van der Waals surface area contributed by atoms with E-state index in [9.17, 15) is 9.18 Å². The van der Waals surface area contributed by atoms with Crippen LogP contribution in [0.1, 0.15) is 24.0 Å². The maximum Gasteiger partial charge on any atom is 0.254 e. The van der Waals surface area contributed by atoms with E-state index < -0.39 is 5.91 Å². The number of aryl methyl sites for hydroxylation is 1. The van der Waals surface area contributed by atoms with Gasteiger partial charge in [-0.25, -0.2) is 4.39 Å². The van der Waals surface area contributed by atoms with Crippen molar-refractivity contribution in [2.24, 2.45) is 11.5 Å². The number of nitriles is 1. The van der Waals surface area contributed by atoms with Gasteiger partial charge in [-0.2, -0.15) is 5.26 Å². The smallest absolute Gasteiger partial charge is 0.254 e. The summed E-state index contributed by atoms with van der Waals surface area (Å²) >= 11 is 0. The lowest BCUT2D eigenvalue weighted by molar-refractivity contribution is -0.114. The van der Waals surface area contributed by atoms with Crippen molar-refractivity contribution < 1.29 is 13.9 Å². The van der Waals surface area contributed by atoms with Gasteiger partial charge < -0.3 is 26.4 Å². The molecule has 1 saturated heterocycles. The fourth-order valence-corrected chi connectivity index (χ4v) is 3.56. The minimum absolute atomic E-state index is 0.00885. The number of primary amides is 1. The maximum atomic E-state index is 13.3. The summed E-state index contributed by atoms with van der Waals surface area (Å²) in [6.45, 7) is 2.89. The molecule has 3 rings (SSSR count). The van der Waals surface area contributed by atoms with Crippen LogP contribution in [0.25, 0.3) is 0 Å². The molecule has 8 nitrogen and oxygen atoms in total. The maximum absolute atomic E-state index is 13.3. The van der Waals surface area contributed by atoms with E-state index >= 15 is 0 Å². The lowest BCUT2D eigenvalue weighted by Gasteiger charge is -2.30. The van der Waals surface area contributed by atoms with E-state index in [2.05, 4.69) is 11.5 Å². The van der Waals surface area contributed by atoms with Crippen molar-refractivity contribution in [1.29, 1.82) is 10.7 Å². The normalized spacial score (nSPS) is 16.5. The van der Waals surface area contributed by atoms with E-state index in [-0.39, 0.29) is 29.0 Å². The van der Waals surface area contributed by atoms with Crippen molar-refractivity contribution in [2.75, 3.05) is 13.1 Å². The van der Waals surface area contributed by atoms with E-state index in [1.165, 1.54) is 12.1 Å². The Balaban J connectivity index is 1.76. The van der Waals surface area contributed by atoms with Crippen LogP contribution in [0.3, 0.4) is 0 Å². The topological polar surface area (TPSA) is 141 Å². The number of likely N-dealkylation sites (tertiary alicyclic amines) is 1. The summed E-state index contributed by atoms with van der Waals surface area (Å²) in [5, 5.41) is 20.6. The molecule has 0 radical (unpaired) electrons. The Morgan fingerprint density at radius 1 is 1.28 bits per heavy atom. The minimum Gasteiger partial charge on any atom is -0.457 e. The van der Waals surface area contributed by atoms with Crippen molar-refractivity contribution in [3.05, 3.63) is 70.8 Å². The number of hydrogen-bond donors (Lipinski definition) is 4. The number of amides is 1. The molecule has 1 atom stereocenters. The summed E-state index contributed by atoms with van der Waals surface area (Å²) in [6, 6.07) is 10.6. The summed E-state index contributed by atoms with van der Waals surface area (Å²) in [5.41, 5.74) is 12.5. The number of nitrogens with two attached hydrogens (primary N) is 2. The van der Waals surface area contributed by atoms with E-state index in [0.29, 0.717) is 35.7 Å². The Hall–Kier alpha value is -4.06. The fourth-order valence-electron chi connectivity index (χ4n) is 3.56. The number of nitrogens with zero attached hydrogens (tertiary/aromatic N) is 2. The number of rotatable bonds is 7. The number of ether oxygens (including phenoxy) is 1. The second kappa shape index (κ2) is 9.83. The minimum atomic E-state index is -0.824. The third-order valence-corrected chi connectivity index (χ3v) is 5.20. The van der Waals surface area contributed by atoms with Gasteiger partial charge in [0, 0.05) is 24.7 Å². The Morgan fingerprint density at radius 2 is 2.00 bits per heavy atom. The number of carbonyl (C=O) groups is 1. The Labute approximate surface area is 185 Å². The average molecular weight is 436 g/mol. The molecule has 1 fully saturated rings. The average Bonchev–Trinajstić information content (AvgIpc) is 2.76. The molecule has 6 N–H and O–H groups in total. The first-order valence-corrected chi connectivity index (χ1v) is 10.1. The van der Waals surface area contributed by atoms with Gasteiger partial charge in [0.1, 0.15) is 28.7 Å². The second-order valence-corrected chi connectivity index (χ2v) is 7.59. The first kappa shape index (κ1) is 22.6. The van der Waals surface area contributed by atoms with Crippen LogP contribution in [0.15, 0.2) is 53.9 Å². The zero-order valence-corrected chi connectivity index (χ0v) is 17.7. The molecular formula is C23H25FN6O2. The highest BCUT2D eigenvalue weighted by molar-refractivity contribution is 6.26. The largest absolute Gasteiger partial charge is 0.457 e. The van der Waals surface area contributed by atoms with Gasteiger partial charge in [-0.1, -0.05) is 0 Å². The van der Waals surface area contributed by atoms with Gasteiger partial charge in [-0.3, -0.25) is 10.2 Å². The predicted octanol–water partition coefficient (Wildman–Crippen LogP) is 2.48.